The van der Waals surface area contributed by atoms with Crippen LogP contribution >= 0.6 is 0 Å². The SMILES string of the molecule is NC(=O)C[C@@H](NC(=O)C1CCCCCC1)C(=O)O. The summed E-state index contributed by atoms with van der Waals surface area (Å²) in [7, 11) is 0. The van der Waals surface area contributed by atoms with Gasteiger partial charge < -0.3 is 16.2 Å². The van der Waals surface area contributed by atoms with Gasteiger partial charge in [-0.1, -0.05) is 25.7 Å². The molecule has 1 atom stereocenters. The number of hydrogen-bond acceptors (Lipinski definition) is 3. The minimum Gasteiger partial charge on any atom is -0.480 e. The van der Waals surface area contributed by atoms with Gasteiger partial charge in [0, 0.05) is 5.92 Å². The average Bonchev–Trinajstić information content (AvgIpc) is 2.55. The number of nitrogens with one attached hydrogen (secondary N) is 1. The molecule has 6 heteroatoms. The first kappa shape index (κ1) is 14.5. The summed E-state index contributed by atoms with van der Waals surface area (Å²) in [6, 6.07) is -1.21. The van der Waals surface area contributed by atoms with Crippen LogP contribution in [0.2, 0.25) is 0 Å². The molecule has 0 aromatic carbocycles. The molecule has 1 rings (SSSR count). The van der Waals surface area contributed by atoms with E-state index >= 15 is 0 Å². The van der Waals surface area contributed by atoms with Crippen molar-refractivity contribution in [1.29, 1.82) is 0 Å². The van der Waals surface area contributed by atoms with E-state index in [0.29, 0.717) is 0 Å². The molecule has 0 aliphatic heterocycles. The van der Waals surface area contributed by atoms with Crippen molar-refractivity contribution < 1.29 is 19.5 Å². The lowest BCUT2D eigenvalue weighted by molar-refractivity contribution is -0.144. The van der Waals surface area contributed by atoms with E-state index in [1.807, 2.05) is 0 Å². The number of rotatable bonds is 5. The minimum atomic E-state index is -1.23. The van der Waals surface area contributed by atoms with E-state index < -0.39 is 17.9 Å². The Hall–Kier alpha value is -1.59. The number of carbonyl (C=O) groups excluding carboxylic acids is 2. The summed E-state index contributed by atoms with van der Waals surface area (Å²) < 4.78 is 0. The molecule has 1 aliphatic rings. The molecule has 0 saturated heterocycles. The van der Waals surface area contributed by atoms with E-state index in [1.54, 1.807) is 0 Å². The summed E-state index contributed by atoms with van der Waals surface area (Å²) >= 11 is 0. The lowest BCUT2D eigenvalue weighted by atomic mass is 9.99. The van der Waals surface area contributed by atoms with Crippen molar-refractivity contribution >= 4 is 17.8 Å². The lowest BCUT2D eigenvalue weighted by Crippen LogP contribution is -2.45. The highest BCUT2D eigenvalue weighted by Gasteiger charge is 2.26. The summed E-state index contributed by atoms with van der Waals surface area (Å²) in [4.78, 5) is 33.6. The highest BCUT2D eigenvalue weighted by Crippen LogP contribution is 2.23. The Morgan fingerprint density at radius 2 is 1.72 bits per heavy atom. The fraction of sp³-hybridized carbons (Fsp3) is 0.750. The van der Waals surface area contributed by atoms with Crippen molar-refractivity contribution in [1.82, 2.24) is 5.32 Å². The van der Waals surface area contributed by atoms with Crippen LogP contribution in [-0.2, 0) is 14.4 Å². The smallest absolute Gasteiger partial charge is 0.326 e. The number of carbonyl (C=O) groups is 3. The van der Waals surface area contributed by atoms with Gasteiger partial charge in [0.15, 0.2) is 0 Å². The third kappa shape index (κ3) is 4.73. The van der Waals surface area contributed by atoms with Gasteiger partial charge in [-0.05, 0) is 12.8 Å². The topological polar surface area (TPSA) is 109 Å². The Morgan fingerprint density at radius 1 is 1.17 bits per heavy atom. The van der Waals surface area contributed by atoms with Gasteiger partial charge in [0.1, 0.15) is 6.04 Å². The lowest BCUT2D eigenvalue weighted by Gasteiger charge is -2.18. The number of aliphatic carboxylic acids is 1. The first-order valence-corrected chi connectivity index (χ1v) is 6.32. The number of amides is 2. The molecule has 0 aromatic rings. The third-order valence-corrected chi connectivity index (χ3v) is 3.25. The van der Waals surface area contributed by atoms with E-state index in [1.165, 1.54) is 0 Å². The summed E-state index contributed by atoms with van der Waals surface area (Å²) in [5.74, 6) is -2.37. The van der Waals surface area contributed by atoms with Crippen LogP contribution in [0.1, 0.15) is 44.9 Å². The zero-order valence-corrected chi connectivity index (χ0v) is 10.4. The molecule has 6 nitrogen and oxygen atoms in total. The van der Waals surface area contributed by atoms with Crippen molar-refractivity contribution in [2.45, 2.75) is 51.0 Å². The van der Waals surface area contributed by atoms with Crippen LogP contribution in [0.3, 0.4) is 0 Å². The molecule has 0 unspecified atom stereocenters. The molecule has 4 N–H and O–H groups in total. The van der Waals surface area contributed by atoms with Crippen LogP contribution in [-0.4, -0.2) is 28.9 Å². The van der Waals surface area contributed by atoms with Gasteiger partial charge in [-0.2, -0.15) is 0 Å². The molecular formula is C12H20N2O4. The van der Waals surface area contributed by atoms with Crippen LogP contribution in [0, 0.1) is 5.92 Å². The van der Waals surface area contributed by atoms with Crippen LogP contribution < -0.4 is 11.1 Å². The van der Waals surface area contributed by atoms with E-state index in [-0.39, 0.29) is 18.2 Å². The van der Waals surface area contributed by atoms with Gasteiger partial charge in [0.2, 0.25) is 11.8 Å². The highest BCUT2D eigenvalue weighted by atomic mass is 16.4. The standard InChI is InChI=1S/C12H20N2O4/c13-10(15)7-9(12(17)18)14-11(16)8-5-3-1-2-4-6-8/h8-9H,1-7H2,(H2,13,15)(H,14,16)(H,17,18)/t9-/m1/s1. The van der Waals surface area contributed by atoms with Crippen molar-refractivity contribution in [3.8, 4) is 0 Å². The molecule has 0 radical (unpaired) electrons. The Labute approximate surface area is 106 Å². The number of primary amides is 1. The van der Waals surface area contributed by atoms with E-state index in [2.05, 4.69) is 5.32 Å². The van der Waals surface area contributed by atoms with Gasteiger partial charge in [-0.25, -0.2) is 4.79 Å². The van der Waals surface area contributed by atoms with E-state index in [0.717, 1.165) is 38.5 Å². The maximum atomic E-state index is 11.9. The molecular weight excluding hydrogens is 236 g/mol. The number of carboxylic acid groups (broad SMARTS) is 1. The van der Waals surface area contributed by atoms with Crippen molar-refractivity contribution in [3.63, 3.8) is 0 Å². The van der Waals surface area contributed by atoms with Gasteiger partial charge in [0.05, 0.1) is 6.42 Å². The third-order valence-electron chi connectivity index (χ3n) is 3.25. The first-order chi connectivity index (χ1) is 8.50. The Kier molecular flexibility index (Phi) is 5.61. The van der Waals surface area contributed by atoms with Crippen molar-refractivity contribution in [2.24, 2.45) is 11.7 Å². The summed E-state index contributed by atoms with van der Waals surface area (Å²) in [5, 5.41) is 11.3. The molecule has 1 saturated carbocycles. The first-order valence-electron chi connectivity index (χ1n) is 6.32. The summed E-state index contributed by atoms with van der Waals surface area (Å²) in [6.07, 6.45) is 5.43. The molecule has 18 heavy (non-hydrogen) atoms. The summed E-state index contributed by atoms with van der Waals surface area (Å²) in [6.45, 7) is 0. The zero-order valence-electron chi connectivity index (χ0n) is 10.4. The number of carboxylic acids is 1. The van der Waals surface area contributed by atoms with Gasteiger partial charge in [-0.3, -0.25) is 9.59 Å². The monoisotopic (exact) mass is 256 g/mol. The van der Waals surface area contributed by atoms with Gasteiger partial charge in [-0.15, -0.1) is 0 Å². The normalized spacial score (nSPS) is 18.7. The maximum Gasteiger partial charge on any atom is 0.326 e. The van der Waals surface area contributed by atoms with E-state index in [9.17, 15) is 14.4 Å². The van der Waals surface area contributed by atoms with Crippen molar-refractivity contribution in [3.05, 3.63) is 0 Å². The second-order valence-electron chi connectivity index (χ2n) is 4.76. The second kappa shape index (κ2) is 6.98. The van der Waals surface area contributed by atoms with Crippen LogP contribution in [0.15, 0.2) is 0 Å². The molecule has 102 valence electrons. The molecule has 0 bridgehead atoms. The average molecular weight is 256 g/mol. The van der Waals surface area contributed by atoms with Gasteiger partial charge >= 0.3 is 5.97 Å². The maximum absolute atomic E-state index is 11.9. The molecule has 2 amide bonds. The predicted molar refractivity (Wildman–Crippen MR) is 64.6 cm³/mol. The second-order valence-corrected chi connectivity index (χ2v) is 4.76. The molecule has 0 spiro atoms. The molecule has 0 aromatic heterocycles. The van der Waals surface area contributed by atoms with Gasteiger partial charge in [0.25, 0.3) is 0 Å². The van der Waals surface area contributed by atoms with Crippen LogP contribution in [0.5, 0.6) is 0 Å². The van der Waals surface area contributed by atoms with Crippen molar-refractivity contribution in [2.75, 3.05) is 0 Å². The largest absolute Gasteiger partial charge is 0.480 e. The molecule has 1 aliphatic carbocycles. The quantitative estimate of drug-likeness (QED) is 0.618. The van der Waals surface area contributed by atoms with Crippen LogP contribution in [0.4, 0.5) is 0 Å². The fourth-order valence-electron chi connectivity index (χ4n) is 2.23. The Morgan fingerprint density at radius 3 is 2.17 bits per heavy atom. The number of nitrogens with two attached hydrogens (primary N) is 1. The summed E-state index contributed by atoms with van der Waals surface area (Å²) in [5.41, 5.74) is 4.96. The molecule has 0 heterocycles. The predicted octanol–water partition coefficient (Wildman–Crippen LogP) is 0.402. The highest BCUT2D eigenvalue weighted by molar-refractivity contribution is 5.88. The van der Waals surface area contributed by atoms with Crippen LogP contribution in [0.25, 0.3) is 0 Å². The number of hydrogen-bond donors (Lipinski definition) is 3. The Bertz CT molecular complexity index is 322. The molecule has 1 fully saturated rings. The Balaban J connectivity index is 2.53. The zero-order chi connectivity index (χ0) is 13.5. The fourth-order valence-corrected chi connectivity index (χ4v) is 2.23. The minimum absolute atomic E-state index is 0.137. The van der Waals surface area contributed by atoms with E-state index in [4.69, 9.17) is 10.8 Å².